The molecular weight excluding hydrogens is 408 g/mol. The second-order valence-electron chi connectivity index (χ2n) is 10.7. The van der Waals surface area contributed by atoms with Crippen LogP contribution >= 0.6 is 11.6 Å². The molecule has 5 heteroatoms. The lowest BCUT2D eigenvalue weighted by atomic mass is 9.78. The maximum atomic E-state index is 13.7. The number of carbonyl (C=O) groups excluding carboxylic acids is 1. The van der Waals surface area contributed by atoms with E-state index in [-0.39, 0.29) is 17.4 Å². The Morgan fingerprint density at radius 2 is 1.81 bits per heavy atom. The minimum atomic E-state index is -0.920. The van der Waals surface area contributed by atoms with Crippen molar-refractivity contribution in [3.8, 4) is 0 Å². The number of halogens is 1. The summed E-state index contributed by atoms with van der Waals surface area (Å²) in [5.41, 5.74) is 0.0250. The van der Waals surface area contributed by atoms with Gasteiger partial charge < -0.3 is 14.9 Å². The molecule has 1 unspecified atom stereocenters. The van der Waals surface area contributed by atoms with Gasteiger partial charge in [0.1, 0.15) is 0 Å². The molecule has 1 saturated heterocycles. The van der Waals surface area contributed by atoms with E-state index < -0.39 is 5.60 Å². The minimum absolute atomic E-state index is 0.131. The zero-order chi connectivity index (χ0) is 22.6. The fourth-order valence-corrected chi connectivity index (χ4v) is 5.64. The summed E-state index contributed by atoms with van der Waals surface area (Å²) in [6.45, 7) is 10.9. The van der Waals surface area contributed by atoms with E-state index >= 15 is 0 Å². The summed E-state index contributed by atoms with van der Waals surface area (Å²) < 4.78 is 0. The molecule has 174 valence electrons. The summed E-state index contributed by atoms with van der Waals surface area (Å²) in [6.07, 6.45) is 8.04. The Kier molecular flexibility index (Phi) is 8.10. The number of aliphatic hydroxyl groups is 1. The number of hydrogen-bond acceptors (Lipinski definition) is 3. The van der Waals surface area contributed by atoms with Gasteiger partial charge in [-0.25, -0.2) is 0 Å². The zero-order valence-corrected chi connectivity index (χ0v) is 20.6. The summed E-state index contributed by atoms with van der Waals surface area (Å²) in [6, 6.07) is 8.31. The molecule has 1 aromatic rings. The Morgan fingerprint density at radius 3 is 2.39 bits per heavy atom. The topological polar surface area (TPSA) is 43.8 Å². The molecule has 2 aliphatic rings. The first-order valence-corrected chi connectivity index (χ1v) is 12.5. The molecule has 1 amide bonds. The zero-order valence-electron chi connectivity index (χ0n) is 19.9. The fraction of sp³-hybridized carbons (Fsp3) is 0.731. The van der Waals surface area contributed by atoms with Gasteiger partial charge in [-0.3, -0.25) is 4.79 Å². The van der Waals surface area contributed by atoms with Gasteiger partial charge in [0.05, 0.1) is 11.5 Å². The molecule has 0 aromatic heterocycles. The third kappa shape index (κ3) is 6.03. The quantitative estimate of drug-likeness (QED) is 0.641. The highest BCUT2D eigenvalue weighted by atomic mass is 35.5. The number of nitrogens with zero attached hydrogens (tertiary/aromatic N) is 2. The Hall–Kier alpha value is -1.10. The van der Waals surface area contributed by atoms with Crippen LogP contribution in [0.15, 0.2) is 24.3 Å². The molecule has 4 nitrogen and oxygen atoms in total. The van der Waals surface area contributed by atoms with Gasteiger partial charge >= 0.3 is 0 Å². The molecule has 2 fully saturated rings. The van der Waals surface area contributed by atoms with Crippen molar-refractivity contribution in [2.45, 2.75) is 96.2 Å². The van der Waals surface area contributed by atoms with E-state index in [4.69, 9.17) is 11.6 Å². The predicted octanol–water partition coefficient (Wildman–Crippen LogP) is 5.31. The highest BCUT2D eigenvalue weighted by Crippen LogP contribution is 2.36. The first-order chi connectivity index (χ1) is 14.6. The second kappa shape index (κ2) is 10.2. The normalized spacial score (nSPS) is 21.6. The number of carbonyl (C=O) groups is 1. The van der Waals surface area contributed by atoms with Crippen molar-refractivity contribution >= 4 is 17.5 Å². The predicted molar refractivity (Wildman–Crippen MR) is 128 cm³/mol. The number of piperidine rings is 1. The molecule has 1 aliphatic carbocycles. The van der Waals surface area contributed by atoms with Crippen molar-refractivity contribution in [3.63, 3.8) is 0 Å². The van der Waals surface area contributed by atoms with Crippen LogP contribution in [0.1, 0.15) is 78.2 Å². The standard InChI is InChI=1S/C26H41ClN2O2/c1-20(24(30)29(25(2,3)4)22-11-6-5-7-12-22)26(31)15-18-28(19-16-26)17-14-21-10-8-9-13-23(21)27/h8-10,13,20,22,31H,5-7,11-12,14-19H2,1-4H3. The molecular formula is C26H41ClN2O2. The Labute approximate surface area is 193 Å². The third-order valence-electron chi connectivity index (χ3n) is 7.45. The van der Waals surface area contributed by atoms with Crippen LogP contribution in [0.5, 0.6) is 0 Å². The summed E-state index contributed by atoms with van der Waals surface area (Å²) in [5.74, 6) is -0.245. The average Bonchev–Trinajstić information content (AvgIpc) is 2.73. The van der Waals surface area contributed by atoms with E-state index in [1.165, 1.54) is 24.8 Å². The van der Waals surface area contributed by atoms with Gasteiger partial charge in [-0.2, -0.15) is 0 Å². The van der Waals surface area contributed by atoms with Crippen LogP contribution < -0.4 is 0 Å². The van der Waals surface area contributed by atoms with Crippen molar-refractivity contribution < 1.29 is 9.90 Å². The number of amides is 1. The molecule has 1 aromatic carbocycles. The first kappa shape index (κ1) is 24.5. The Morgan fingerprint density at radius 1 is 1.19 bits per heavy atom. The molecule has 1 saturated carbocycles. The largest absolute Gasteiger partial charge is 0.389 e. The molecule has 1 N–H and O–H groups in total. The maximum absolute atomic E-state index is 13.7. The maximum Gasteiger partial charge on any atom is 0.228 e. The Balaban J connectivity index is 1.60. The molecule has 0 spiro atoms. The summed E-state index contributed by atoms with van der Waals surface area (Å²) in [4.78, 5) is 18.2. The SMILES string of the molecule is CC(C(=O)N(C1CCCCC1)C(C)(C)C)C1(O)CCN(CCc2ccccc2Cl)CC1. The lowest BCUT2D eigenvalue weighted by Crippen LogP contribution is -2.59. The summed E-state index contributed by atoms with van der Waals surface area (Å²) in [5, 5.41) is 12.3. The smallest absolute Gasteiger partial charge is 0.228 e. The molecule has 3 rings (SSSR count). The van der Waals surface area contributed by atoms with Crippen molar-refractivity contribution in [2.24, 2.45) is 5.92 Å². The van der Waals surface area contributed by atoms with Gasteiger partial charge in [0, 0.05) is 36.2 Å². The van der Waals surface area contributed by atoms with Gasteiger partial charge in [0.25, 0.3) is 0 Å². The van der Waals surface area contributed by atoms with Crippen LogP contribution in [0.4, 0.5) is 0 Å². The van der Waals surface area contributed by atoms with Crippen LogP contribution in [0.3, 0.4) is 0 Å². The summed E-state index contributed by atoms with van der Waals surface area (Å²) in [7, 11) is 0. The lowest BCUT2D eigenvalue weighted by Gasteiger charge is -2.48. The van der Waals surface area contributed by atoms with E-state index in [1.54, 1.807) is 0 Å². The molecule has 31 heavy (non-hydrogen) atoms. The summed E-state index contributed by atoms with van der Waals surface area (Å²) >= 11 is 6.29. The van der Waals surface area contributed by atoms with Crippen LogP contribution in [-0.4, -0.2) is 57.6 Å². The number of benzene rings is 1. The monoisotopic (exact) mass is 448 g/mol. The van der Waals surface area contributed by atoms with Crippen LogP contribution in [0.25, 0.3) is 0 Å². The Bertz CT molecular complexity index is 731. The lowest BCUT2D eigenvalue weighted by molar-refractivity contribution is -0.157. The second-order valence-corrected chi connectivity index (χ2v) is 11.1. The molecule has 0 radical (unpaired) electrons. The van der Waals surface area contributed by atoms with Gasteiger partial charge in [-0.1, -0.05) is 56.0 Å². The van der Waals surface area contributed by atoms with Crippen molar-refractivity contribution in [3.05, 3.63) is 34.9 Å². The van der Waals surface area contributed by atoms with E-state index in [0.29, 0.717) is 18.9 Å². The van der Waals surface area contributed by atoms with Crippen molar-refractivity contribution in [1.82, 2.24) is 9.80 Å². The minimum Gasteiger partial charge on any atom is -0.389 e. The van der Waals surface area contributed by atoms with Crippen LogP contribution in [0, 0.1) is 5.92 Å². The van der Waals surface area contributed by atoms with Crippen LogP contribution in [-0.2, 0) is 11.2 Å². The van der Waals surface area contributed by atoms with Gasteiger partial charge in [-0.05, 0) is 64.5 Å². The van der Waals surface area contributed by atoms with E-state index in [2.05, 4.69) is 36.6 Å². The molecule has 1 heterocycles. The molecule has 1 atom stereocenters. The first-order valence-electron chi connectivity index (χ1n) is 12.1. The molecule has 0 bridgehead atoms. The van der Waals surface area contributed by atoms with Crippen molar-refractivity contribution in [1.29, 1.82) is 0 Å². The van der Waals surface area contributed by atoms with E-state index in [1.807, 2.05) is 25.1 Å². The average molecular weight is 449 g/mol. The number of likely N-dealkylation sites (tertiary alicyclic amines) is 1. The fourth-order valence-electron chi connectivity index (χ4n) is 5.41. The molecule has 1 aliphatic heterocycles. The number of hydrogen-bond donors (Lipinski definition) is 1. The van der Waals surface area contributed by atoms with Gasteiger partial charge in [0.15, 0.2) is 0 Å². The van der Waals surface area contributed by atoms with Crippen molar-refractivity contribution in [2.75, 3.05) is 19.6 Å². The van der Waals surface area contributed by atoms with E-state index in [9.17, 15) is 9.90 Å². The van der Waals surface area contributed by atoms with Gasteiger partial charge in [-0.15, -0.1) is 0 Å². The van der Waals surface area contributed by atoms with Crippen LogP contribution in [0.2, 0.25) is 5.02 Å². The van der Waals surface area contributed by atoms with E-state index in [0.717, 1.165) is 43.9 Å². The highest BCUT2D eigenvalue weighted by Gasteiger charge is 2.45. The number of rotatable bonds is 6. The third-order valence-corrected chi connectivity index (χ3v) is 7.82. The van der Waals surface area contributed by atoms with Gasteiger partial charge in [0.2, 0.25) is 5.91 Å². The highest BCUT2D eigenvalue weighted by molar-refractivity contribution is 6.31.